The standard InChI is InChI=1S/C22H31N5OS/c1-2-23-22(25-14-7-13-24-21(28)18-8-4-3-5-9-18)26-19-11-15-27(16-12-19)20-10-6-17-29-20/h3-6,8-10,17,19H,2,7,11-16H2,1H3,(H,24,28)(H2,23,25,26). The van der Waals surface area contributed by atoms with E-state index in [-0.39, 0.29) is 5.91 Å². The summed E-state index contributed by atoms with van der Waals surface area (Å²) in [7, 11) is 0. The summed E-state index contributed by atoms with van der Waals surface area (Å²) in [6.07, 6.45) is 3.02. The summed E-state index contributed by atoms with van der Waals surface area (Å²) in [4.78, 5) is 19.2. The van der Waals surface area contributed by atoms with E-state index < -0.39 is 0 Å². The molecule has 3 rings (SSSR count). The number of hydrogen-bond acceptors (Lipinski definition) is 4. The largest absolute Gasteiger partial charge is 0.363 e. The first kappa shape index (κ1) is 21.2. The molecule has 29 heavy (non-hydrogen) atoms. The summed E-state index contributed by atoms with van der Waals surface area (Å²) in [6, 6.07) is 14.1. The number of guanidine groups is 1. The van der Waals surface area contributed by atoms with Gasteiger partial charge in [0.25, 0.3) is 5.91 Å². The van der Waals surface area contributed by atoms with E-state index in [0.717, 1.165) is 44.9 Å². The predicted octanol–water partition coefficient (Wildman–Crippen LogP) is 3.09. The van der Waals surface area contributed by atoms with Crippen LogP contribution in [-0.2, 0) is 0 Å². The Labute approximate surface area is 177 Å². The molecule has 2 aromatic rings. The fourth-order valence-corrected chi connectivity index (χ4v) is 4.16. The minimum Gasteiger partial charge on any atom is -0.363 e. The number of benzene rings is 1. The number of thiophene rings is 1. The molecule has 1 aliphatic heterocycles. The number of carbonyl (C=O) groups is 1. The maximum Gasteiger partial charge on any atom is 0.251 e. The minimum atomic E-state index is -0.0305. The van der Waals surface area contributed by atoms with Gasteiger partial charge in [0.05, 0.1) is 5.00 Å². The second-order valence-corrected chi connectivity index (χ2v) is 8.02. The van der Waals surface area contributed by atoms with Crippen molar-refractivity contribution < 1.29 is 4.79 Å². The Hall–Kier alpha value is -2.54. The molecule has 156 valence electrons. The number of nitrogens with one attached hydrogen (secondary N) is 3. The van der Waals surface area contributed by atoms with Gasteiger partial charge < -0.3 is 20.9 Å². The number of rotatable bonds is 8. The third kappa shape index (κ3) is 6.78. The van der Waals surface area contributed by atoms with E-state index >= 15 is 0 Å². The number of aliphatic imine (C=N–C) groups is 1. The van der Waals surface area contributed by atoms with Crippen LogP contribution in [0.2, 0.25) is 0 Å². The summed E-state index contributed by atoms with van der Waals surface area (Å²) in [6.45, 7) is 6.36. The van der Waals surface area contributed by atoms with Gasteiger partial charge in [-0.2, -0.15) is 0 Å². The van der Waals surface area contributed by atoms with Gasteiger partial charge in [0, 0.05) is 44.3 Å². The molecule has 6 nitrogen and oxygen atoms in total. The van der Waals surface area contributed by atoms with Gasteiger partial charge in [-0.05, 0) is 55.8 Å². The van der Waals surface area contributed by atoms with Crippen molar-refractivity contribution in [1.82, 2.24) is 16.0 Å². The van der Waals surface area contributed by atoms with E-state index in [1.807, 2.05) is 41.7 Å². The van der Waals surface area contributed by atoms with Crippen molar-refractivity contribution in [1.29, 1.82) is 0 Å². The molecule has 1 aromatic heterocycles. The fourth-order valence-electron chi connectivity index (χ4n) is 3.37. The molecule has 0 atom stereocenters. The van der Waals surface area contributed by atoms with Crippen LogP contribution in [0.25, 0.3) is 0 Å². The van der Waals surface area contributed by atoms with Gasteiger partial charge in [0.2, 0.25) is 0 Å². The maximum absolute atomic E-state index is 12.0. The fraction of sp³-hybridized carbons (Fsp3) is 0.455. The van der Waals surface area contributed by atoms with Crippen molar-refractivity contribution in [2.24, 2.45) is 4.99 Å². The molecule has 0 saturated carbocycles. The van der Waals surface area contributed by atoms with Crippen molar-refractivity contribution in [2.45, 2.75) is 32.2 Å². The van der Waals surface area contributed by atoms with Crippen LogP contribution >= 0.6 is 11.3 Å². The van der Waals surface area contributed by atoms with E-state index in [2.05, 4.69) is 50.3 Å². The third-order valence-electron chi connectivity index (χ3n) is 4.92. The second kappa shape index (κ2) is 11.5. The highest BCUT2D eigenvalue weighted by Gasteiger charge is 2.20. The lowest BCUT2D eigenvalue weighted by atomic mass is 10.1. The molecule has 0 bridgehead atoms. The van der Waals surface area contributed by atoms with Crippen LogP contribution in [0, 0.1) is 0 Å². The predicted molar refractivity (Wildman–Crippen MR) is 122 cm³/mol. The second-order valence-electron chi connectivity index (χ2n) is 7.09. The lowest BCUT2D eigenvalue weighted by Gasteiger charge is -2.33. The minimum absolute atomic E-state index is 0.0305. The van der Waals surface area contributed by atoms with Crippen LogP contribution in [0.5, 0.6) is 0 Å². The number of anilines is 1. The van der Waals surface area contributed by atoms with Crippen molar-refractivity contribution in [3.63, 3.8) is 0 Å². The van der Waals surface area contributed by atoms with Gasteiger partial charge in [0.15, 0.2) is 5.96 Å². The normalized spacial score (nSPS) is 15.2. The maximum atomic E-state index is 12.0. The average molecular weight is 414 g/mol. The highest BCUT2D eigenvalue weighted by Crippen LogP contribution is 2.24. The molecule has 3 N–H and O–H groups in total. The van der Waals surface area contributed by atoms with E-state index in [4.69, 9.17) is 0 Å². The lowest BCUT2D eigenvalue weighted by molar-refractivity contribution is 0.0953. The number of nitrogens with zero attached hydrogens (tertiary/aromatic N) is 2. The van der Waals surface area contributed by atoms with Crippen LogP contribution in [0.4, 0.5) is 5.00 Å². The van der Waals surface area contributed by atoms with E-state index in [0.29, 0.717) is 24.7 Å². The van der Waals surface area contributed by atoms with Gasteiger partial charge in [-0.3, -0.25) is 9.79 Å². The average Bonchev–Trinajstić information content (AvgIpc) is 3.29. The van der Waals surface area contributed by atoms with E-state index in [1.165, 1.54) is 5.00 Å². The molecular weight excluding hydrogens is 382 g/mol. The highest BCUT2D eigenvalue weighted by atomic mass is 32.1. The van der Waals surface area contributed by atoms with Crippen LogP contribution < -0.4 is 20.9 Å². The van der Waals surface area contributed by atoms with E-state index in [9.17, 15) is 4.79 Å². The molecule has 0 spiro atoms. The number of piperidine rings is 1. The van der Waals surface area contributed by atoms with Crippen LogP contribution in [-0.4, -0.2) is 50.6 Å². The Morgan fingerprint density at radius 2 is 1.93 bits per heavy atom. The molecule has 1 aliphatic rings. The Balaban J connectivity index is 1.38. The summed E-state index contributed by atoms with van der Waals surface area (Å²) in [5.41, 5.74) is 0.694. The van der Waals surface area contributed by atoms with Crippen LogP contribution in [0.3, 0.4) is 0 Å². The Morgan fingerprint density at radius 3 is 2.62 bits per heavy atom. The zero-order valence-electron chi connectivity index (χ0n) is 17.1. The van der Waals surface area contributed by atoms with Gasteiger partial charge >= 0.3 is 0 Å². The first-order chi connectivity index (χ1) is 14.3. The van der Waals surface area contributed by atoms with Crippen molar-refractivity contribution in [3.05, 3.63) is 53.4 Å². The Morgan fingerprint density at radius 1 is 1.14 bits per heavy atom. The zero-order valence-corrected chi connectivity index (χ0v) is 17.9. The number of carbonyl (C=O) groups excluding carboxylic acids is 1. The monoisotopic (exact) mass is 413 g/mol. The molecule has 7 heteroatoms. The lowest BCUT2D eigenvalue weighted by Crippen LogP contribution is -2.48. The van der Waals surface area contributed by atoms with Crippen molar-refractivity contribution in [3.8, 4) is 0 Å². The molecule has 1 amide bonds. The van der Waals surface area contributed by atoms with Gasteiger partial charge in [-0.25, -0.2) is 0 Å². The van der Waals surface area contributed by atoms with Crippen LogP contribution in [0.1, 0.15) is 36.5 Å². The third-order valence-corrected chi connectivity index (χ3v) is 5.85. The molecular formula is C22H31N5OS. The first-order valence-electron chi connectivity index (χ1n) is 10.4. The summed E-state index contributed by atoms with van der Waals surface area (Å²) >= 11 is 1.81. The zero-order chi connectivity index (χ0) is 20.3. The Bertz CT molecular complexity index is 755. The van der Waals surface area contributed by atoms with E-state index in [1.54, 1.807) is 0 Å². The molecule has 1 aromatic carbocycles. The first-order valence-corrected chi connectivity index (χ1v) is 11.3. The summed E-state index contributed by atoms with van der Waals surface area (Å²) < 4.78 is 0. The smallest absolute Gasteiger partial charge is 0.251 e. The molecule has 0 radical (unpaired) electrons. The SMILES string of the molecule is CCNC(=NCCCNC(=O)c1ccccc1)NC1CCN(c2cccs2)CC1. The molecule has 0 aliphatic carbocycles. The molecule has 2 heterocycles. The molecule has 0 unspecified atom stereocenters. The summed E-state index contributed by atoms with van der Waals surface area (Å²) in [5.74, 6) is 0.841. The molecule has 1 fully saturated rings. The quantitative estimate of drug-likeness (QED) is 0.353. The van der Waals surface area contributed by atoms with Gasteiger partial charge in [-0.1, -0.05) is 18.2 Å². The van der Waals surface area contributed by atoms with Gasteiger partial charge in [0.1, 0.15) is 0 Å². The van der Waals surface area contributed by atoms with Crippen LogP contribution in [0.15, 0.2) is 52.8 Å². The number of amides is 1. The van der Waals surface area contributed by atoms with Crippen molar-refractivity contribution >= 4 is 28.2 Å². The van der Waals surface area contributed by atoms with Crippen molar-refractivity contribution in [2.75, 3.05) is 37.6 Å². The topological polar surface area (TPSA) is 68.8 Å². The summed E-state index contributed by atoms with van der Waals surface area (Å²) in [5, 5.41) is 13.4. The number of hydrogen-bond donors (Lipinski definition) is 3. The highest BCUT2D eigenvalue weighted by molar-refractivity contribution is 7.14. The van der Waals surface area contributed by atoms with Gasteiger partial charge in [-0.15, -0.1) is 11.3 Å². The Kier molecular flexibility index (Phi) is 8.37. The molecule has 1 saturated heterocycles.